The van der Waals surface area contributed by atoms with Crippen molar-refractivity contribution in [2.45, 2.75) is 33.4 Å². The van der Waals surface area contributed by atoms with Gasteiger partial charge in [0.1, 0.15) is 11.4 Å². The van der Waals surface area contributed by atoms with Crippen molar-refractivity contribution in [2.75, 3.05) is 6.61 Å². The molecule has 0 bridgehead atoms. The highest BCUT2D eigenvalue weighted by molar-refractivity contribution is 5.89. The number of aromatic nitrogens is 2. The van der Waals surface area contributed by atoms with Gasteiger partial charge in [0.2, 0.25) is 0 Å². The van der Waals surface area contributed by atoms with Crippen molar-refractivity contribution in [3.63, 3.8) is 0 Å². The molecule has 0 aliphatic rings. The molecule has 2 aromatic rings. The van der Waals surface area contributed by atoms with Crippen LogP contribution < -0.4 is 0 Å². The molecule has 2 heterocycles. The first-order valence-corrected chi connectivity index (χ1v) is 7.11. The van der Waals surface area contributed by atoms with Crippen molar-refractivity contribution in [3.8, 4) is 0 Å². The molecule has 1 N–H and O–H groups in total. The number of nitrogens with one attached hydrogen (secondary N) is 1. The molecule has 0 fully saturated rings. The van der Waals surface area contributed by atoms with E-state index in [4.69, 9.17) is 4.74 Å². The van der Waals surface area contributed by atoms with Crippen LogP contribution in [0.3, 0.4) is 0 Å². The molecule has 0 aliphatic carbocycles. The van der Waals surface area contributed by atoms with Crippen LogP contribution in [0.4, 0.5) is 13.2 Å². The number of esters is 1. The lowest BCUT2D eigenvalue weighted by molar-refractivity contribution is -0.141. The fourth-order valence-corrected chi connectivity index (χ4v) is 2.36. The molecular formula is C16H17F3N2O2. The second kappa shape index (κ2) is 6.44. The van der Waals surface area contributed by atoms with Crippen LogP contribution in [-0.4, -0.2) is 22.5 Å². The molecule has 0 unspecified atom stereocenters. The normalized spacial score (nSPS) is 11.6. The van der Waals surface area contributed by atoms with Crippen LogP contribution in [0.2, 0.25) is 0 Å². The number of pyridine rings is 1. The van der Waals surface area contributed by atoms with Crippen LogP contribution in [-0.2, 0) is 17.3 Å². The molecule has 124 valence electrons. The number of ether oxygens (including phenoxy) is 1. The molecule has 0 atom stereocenters. The smallest absolute Gasteiger partial charge is 0.433 e. The molecule has 23 heavy (non-hydrogen) atoms. The van der Waals surface area contributed by atoms with E-state index in [1.54, 1.807) is 13.8 Å². The first-order valence-electron chi connectivity index (χ1n) is 7.11. The Labute approximate surface area is 131 Å². The second-order valence-corrected chi connectivity index (χ2v) is 5.18. The number of rotatable bonds is 4. The minimum Gasteiger partial charge on any atom is -0.461 e. The van der Waals surface area contributed by atoms with Gasteiger partial charge in [0.05, 0.1) is 6.61 Å². The van der Waals surface area contributed by atoms with E-state index in [0.29, 0.717) is 17.7 Å². The van der Waals surface area contributed by atoms with Crippen molar-refractivity contribution in [3.05, 3.63) is 52.1 Å². The maximum atomic E-state index is 12.5. The number of nitrogens with zero attached hydrogens (tertiary/aromatic N) is 1. The molecule has 4 nitrogen and oxygen atoms in total. The highest BCUT2D eigenvalue weighted by Gasteiger charge is 2.32. The molecule has 7 heteroatoms. The van der Waals surface area contributed by atoms with E-state index in [-0.39, 0.29) is 6.61 Å². The summed E-state index contributed by atoms with van der Waals surface area (Å²) in [6, 6.07) is 2.35. The van der Waals surface area contributed by atoms with Gasteiger partial charge in [-0.1, -0.05) is 6.07 Å². The van der Waals surface area contributed by atoms with Crippen LogP contribution in [0.5, 0.6) is 0 Å². The van der Waals surface area contributed by atoms with E-state index in [0.717, 1.165) is 22.9 Å². The standard InChI is InChI=1S/C16H17F3N2O2/c1-4-23-15(22)14-9(2)12(10(3)21-14)7-11-5-6-13(20-8-11)16(17,18)19/h5-6,8,21H,4,7H2,1-3H3. The number of halogens is 3. The average Bonchev–Trinajstić information content (AvgIpc) is 2.75. The first-order chi connectivity index (χ1) is 10.7. The average molecular weight is 326 g/mol. The number of hydrogen-bond acceptors (Lipinski definition) is 3. The molecular weight excluding hydrogens is 309 g/mol. The fraction of sp³-hybridized carbons (Fsp3) is 0.375. The number of aryl methyl sites for hydroxylation is 1. The zero-order valence-electron chi connectivity index (χ0n) is 13.0. The third kappa shape index (κ3) is 3.72. The summed E-state index contributed by atoms with van der Waals surface area (Å²) in [5.74, 6) is -0.440. The minimum absolute atomic E-state index is 0.272. The maximum absolute atomic E-state index is 12.5. The highest BCUT2D eigenvalue weighted by atomic mass is 19.4. The predicted molar refractivity (Wildman–Crippen MR) is 78.3 cm³/mol. The molecule has 2 aromatic heterocycles. The topological polar surface area (TPSA) is 55.0 Å². The van der Waals surface area contributed by atoms with E-state index in [2.05, 4.69) is 9.97 Å². The van der Waals surface area contributed by atoms with Crippen LogP contribution in [0.1, 0.15) is 45.5 Å². The monoisotopic (exact) mass is 326 g/mol. The van der Waals surface area contributed by atoms with E-state index >= 15 is 0 Å². The van der Waals surface area contributed by atoms with Crippen molar-refractivity contribution >= 4 is 5.97 Å². The highest BCUT2D eigenvalue weighted by Crippen LogP contribution is 2.28. The van der Waals surface area contributed by atoms with Gasteiger partial charge in [-0.2, -0.15) is 13.2 Å². The largest absolute Gasteiger partial charge is 0.461 e. The molecule has 0 aromatic carbocycles. The van der Waals surface area contributed by atoms with Gasteiger partial charge in [-0.3, -0.25) is 4.98 Å². The summed E-state index contributed by atoms with van der Waals surface area (Å²) in [6.45, 7) is 5.58. The van der Waals surface area contributed by atoms with E-state index in [1.165, 1.54) is 12.3 Å². The zero-order valence-corrected chi connectivity index (χ0v) is 13.0. The number of carbonyl (C=O) groups excluding carboxylic acids is 1. The van der Waals surface area contributed by atoms with Crippen LogP contribution >= 0.6 is 0 Å². The number of aromatic amines is 1. The van der Waals surface area contributed by atoms with Gasteiger partial charge < -0.3 is 9.72 Å². The fourth-order valence-electron chi connectivity index (χ4n) is 2.36. The third-order valence-corrected chi connectivity index (χ3v) is 3.57. The minimum atomic E-state index is -4.45. The summed E-state index contributed by atoms with van der Waals surface area (Å²) < 4.78 is 42.5. The number of alkyl halides is 3. The van der Waals surface area contributed by atoms with E-state index in [9.17, 15) is 18.0 Å². The number of H-pyrrole nitrogens is 1. The van der Waals surface area contributed by atoms with Gasteiger partial charge in [0.25, 0.3) is 0 Å². The van der Waals surface area contributed by atoms with Crippen molar-refractivity contribution in [1.82, 2.24) is 9.97 Å². The molecule has 0 aliphatic heterocycles. The van der Waals surface area contributed by atoms with Crippen LogP contribution in [0.15, 0.2) is 18.3 Å². The predicted octanol–water partition coefficient (Wildman–Crippen LogP) is 3.81. The first kappa shape index (κ1) is 17.1. The van der Waals surface area contributed by atoms with Crippen LogP contribution in [0.25, 0.3) is 0 Å². The summed E-state index contributed by atoms with van der Waals surface area (Å²) in [4.78, 5) is 18.3. The van der Waals surface area contributed by atoms with Crippen LogP contribution in [0, 0.1) is 13.8 Å². The Hall–Kier alpha value is -2.31. The Kier molecular flexibility index (Phi) is 4.77. The summed E-state index contributed by atoms with van der Waals surface area (Å²) in [6.07, 6.45) is -2.85. The molecule has 0 spiro atoms. The van der Waals surface area contributed by atoms with Gasteiger partial charge in [-0.15, -0.1) is 0 Å². The van der Waals surface area contributed by atoms with Gasteiger partial charge in [0, 0.05) is 18.3 Å². The van der Waals surface area contributed by atoms with Gasteiger partial charge in [-0.05, 0) is 43.5 Å². The SMILES string of the molecule is CCOC(=O)c1[nH]c(C)c(Cc2ccc(C(F)(F)F)nc2)c1C. The number of hydrogen-bond donors (Lipinski definition) is 1. The summed E-state index contributed by atoms with van der Waals surface area (Å²) in [5.41, 5.74) is 2.47. The third-order valence-electron chi connectivity index (χ3n) is 3.57. The molecule has 2 rings (SSSR count). The Morgan fingerprint density at radius 2 is 2.00 bits per heavy atom. The van der Waals surface area contributed by atoms with E-state index in [1.807, 2.05) is 6.92 Å². The molecule has 0 saturated carbocycles. The molecule has 0 saturated heterocycles. The van der Waals surface area contributed by atoms with Crippen molar-refractivity contribution in [2.24, 2.45) is 0 Å². The lowest BCUT2D eigenvalue weighted by Crippen LogP contribution is -2.08. The molecule has 0 radical (unpaired) electrons. The lowest BCUT2D eigenvalue weighted by atomic mass is 10.0. The Balaban J connectivity index is 2.25. The quantitative estimate of drug-likeness (QED) is 0.869. The van der Waals surface area contributed by atoms with E-state index < -0.39 is 17.8 Å². The molecule has 0 amide bonds. The Morgan fingerprint density at radius 1 is 1.30 bits per heavy atom. The summed E-state index contributed by atoms with van der Waals surface area (Å²) in [7, 11) is 0. The maximum Gasteiger partial charge on any atom is 0.433 e. The van der Waals surface area contributed by atoms with Gasteiger partial charge in [-0.25, -0.2) is 4.79 Å². The summed E-state index contributed by atoms with van der Waals surface area (Å²) >= 11 is 0. The second-order valence-electron chi connectivity index (χ2n) is 5.18. The summed E-state index contributed by atoms with van der Waals surface area (Å²) in [5, 5.41) is 0. The van der Waals surface area contributed by atoms with Crippen molar-refractivity contribution < 1.29 is 22.7 Å². The Bertz CT molecular complexity index is 703. The number of carbonyl (C=O) groups is 1. The Morgan fingerprint density at radius 3 is 2.52 bits per heavy atom. The van der Waals surface area contributed by atoms with Gasteiger partial charge >= 0.3 is 12.1 Å². The van der Waals surface area contributed by atoms with Crippen molar-refractivity contribution in [1.29, 1.82) is 0 Å². The zero-order chi connectivity index (χ0) is 17.2. The van der Waals surface area contributed by atoms with Gasteiger partial charge in [0.15, 0.2) is 0 Å². The lowest BCUT2D eigenvalue weighted by Gasteiger charge is -2.07.